The van der Waals surface area contributed by atoms with E-state index >= 15 is 0 Å². The predicted molar refractivity (Wildman–Crippen MR) is 107 cm³/mol. The number of carbonyl (C=O) groups is 1. The molecule has 0 saturated heterocycles. The molecular formula is C20H16ClN3OS. The van der Waals surface area contributed by atoms with Gasteiger partial charge in [-0.25, -0.2) is 4.98 Å². The van der Waals surface area contributed by atoms with Gasteiger partial charge in [-0.15, -0.1) is 11.3 Å². The number of nitrogens with one attached hydrogen (secondary N) is 2. The van der Waals surface area contributed by atoms with Crippen LogP contribution in [0.2, 0.25) is 5.02 Å². The number of amides is 1. The smallest absolute Gasteiger partial charge is 0.230 e. The first kappa shape index (κ1) is 16.8. The fourth-order valence-corrected chi connectivity index (χ4v) is 3.93. The average molecular weight is 382 g/mol. The number of hydrogen-bond acceptors (Lipinski definition) is 3. The van der Waals surface area contributed by atoms with Gasteiger partial charge in [0.15, 0.2) is 0 Å². The molecular weight excluding hydrogens is 366 g/mol. The summed E-state index contributed by atoms with van der Waals surface area (Å²) in [5, 5.41) is 7.61. The molecule has 6 heteroatoms. The van der Waals surface area contributed by atoms with Crippen LogP contribution in [-0.2, 0) is 17.6 Å². The molecule has 0 saturated carbocycles. The van der Waals surface area contributed by atoms with Gasteiger partial charge in [0.05, 0.1) is 22.8 Å². The molecule has 4 rings (SSSR count). The van der Waals surface area contributed by atoms with E-state index < -0.39 is 0 Å². The minimum atomic E-state index is -0.0710. The van der Waals surface area contributed by atoms with Crippen molar-refractivity contribution in [2.45, 2.75) is 12.8 Å². The first-order chi connectivity index (χ1) is 12.7. The van der Waals surface area contributed by atoms with Crippen molar-refractivity contribution >= 4 is 45.4 Å². The fourth-order valence-electron chi connectivity index (χ4n) is 2.89. The minimum Gasteiger partial charge on any atom is -0.361 e. The van der Waals surface area contributed by atoms with E-state index in [4.69, 9.17) is 11.6 Å². The number of halogens is 1. The zero-order valence-corrected chi connectivity index (χ0v) is 15.4. The Morgan fingerprint density at radius 1 is 1.19 bits per heavy atom. The summed E-state index contributed by atoms with van der Waals surface area (Å²) in [5.74, 6) is -0.0710. The molecule has 130 valence electrons. The van der Waals surface area contributed by atoms with Crippen LogP contribution >= 0.6 is 22.9 Å². The van der Waals surface area contributed by atoms with E-state index in [1.54, 1.807) is 11.3 Å². The number of anilines is 1. The molecule has 0 aliphatic rings. The van der Waals surface area contributed by atoms with E-state index in [2.05, 4.69) is 15.3 Å². The van der Waals surface area contributed by atoms with Crippen LogP contribution < -0.4 is 5.32 Å². The lowest BCUT2D eigenvalue weighted by atomic mass is 10.2. The SMILES string of the molecule is O=C(Cc1csc(Cc2cccc(Cl)c2)n1)Nc1cccc2[nH]ccc12. The zero-order valence-electron chi connectivity index (χ0n) is 13.8. The first-order valence-electron chi connectivity index (χ1n) is 8.21. The Kier molecular flexibility index (Phi) is 4.73. The number of benzene rings is 2. The van der Waals surface area contributed by atoms with Gasteiger partial charge < -0.3 is 10.3 Å². The van der Waals surface area contributed by atoms with Gasteiger partial charge in [-0.1, -0.05) is 29.8 Å². The van der Waals surface area contributed by atoms with Crippen LogP contribution in [0.3, 0.4) is 0 Å². The van der Waals surface area contributed by atoms with Crippen LogP contribution in [-0.4, -0.2) is 15.9 Å². The molecule has 0 bridgehead atoms. The molecule has 2 aromatic carbocycles. The summed E-state index contributed by atoms with van der Waals surface area (Å²) in [6.45, 7) is 0. The van der Waals surface area contributed by atoms with Gasteiger partial charge in [0, 0.05) is 33.9 Å². The molecule has 1 amide bonds. The third kappa shape index (κ3) is 3.79. The largest absolute Gasteiger partial charge is 0.361 e. The van der Waals surface area contributed by atoms with Crippen LogP contribution in [0.5, 0.6) is 0 Å². The summed E-state index contributed by atoms with van der Waals surface area (Å²) in [7, 11) is 0. The lowest BCUT2D eigenvalue weighted by molar-refractivity contribution is -0.115. The second-order valence-electron chi connectivity index (χ2n) is 6.01. The number of hydrogen-bond donors (Lipinski definition) is 2. The molecule has 4 nitrogen and oxygen atoms in total. The topological polar surface area (TPSA) is 57.8 Å². The minimum absolute atomic E-state index is 0.0710. The highest BCUT2D eigenvalue weighted by molar-refractivity contribution is 7.09. The molecule has 2 N–H and O–H groups in total. The highest BCUT2D eigenvalue weighted by atomic mass is 35.5. The summed E-state index contributed by atoms with van der Waals surface area (Å²) in [6.07, 6.45) is 2.84. The van der Waals surface area contributed by atoms with Gasteiger partial charge in [-0.2, -0.15) is 0 Å². The first-order valence-corrected chi connectivity index (χ1v) is 9.47. The summed E-state index contributed by atoms with van der Waals surface area (Å²) in [6, 6.07) is 15.5. The normalized spacial score (nSPS) is 11.0. The van der Waals surface area contributed by atoms with Crippen LogP contribution in [0, 0.1) is 0 Å². The van der Waals surface area contributed by atoms with E-state index in [1.807, 2.05) is 60.1 Å². The maximum Gasteiger partial charge on any atom is 0.230 e. The quantitative estimate of drug-likeness (QED) is 0.508. The van der Waals surface area contributed by atoms with Gasteiger partial charge in [0.2, 0.25) is 5.91 Å². The lowest BCUT2D eigenvalue weighted by Crippen LogP contribution is -2.14. The second kappa shape index (κ2) is 7.32. The molecule has 26 heavy (non-hydrogen) atoms. The Bertz CT molecular complexity index is 1070. The Labute approximate surface area is 159 Å². The van der Waals surface area contributed by atoms with Crippen molar-refractivity contribution in [1.29, 1.82) is 0 Å². The standard InChI is InChI=1S/C20H16ClN3OS/c21-14-4-1-3-13(9-14)10-20-23-15(12-26-20)11-19(25)24-18-6-2-5-17-16(18)7-8-22-17/h1-9,12,22H,10-11H2,(H,24,25). The second-order valence-corrected chi connectivity index (χ2v) is 7.39. The Morgan fingerprint density at radius 3 is 2.96 bits per heavy atom. The molecule has 0 aliphatic heterocycles. The van der Waals surface area contributed by atoms with Crippen molar-refractivity contribution in [2.24, 2.45) is 0 Å². The van der Waals surface area contributed by atoms with Gasteiger partial charge in [-0.05, 0) is 35.9 Å². The Balaban J connectivity index is 1.42. The molecule has 0 atom stereocenters. The summed E-state index contributed by atoms with van der Waals surface area (Å²) in [5.41, 5.74) is 3.70. The highest BCUT2D eigenvalue weighted by Crippen LogP contribution is 2.23. The van der Waals surface area contributed by atoms with Crippen molar-refractivity contribution < 1.29 is 4.79 Å². The number of aromatic amines is 1. The van der Waals surface area contributed by atoms with Crippen molar-refractivity contribution in [2.75, 3.05) is 5.32 Å². The molecule has 2 heterocycles. The van der Waals surface area contributed by atoms with Crippen LogP contribution in [0.1, 0.15) is 16.3 Å². The zero-order chi connectivity index (χ0) is 17.9. The van der Waals surface area contributed by atoms with Crippen molar-refractivity contribution in [3.8, 4) is 0 Å². The Hall–Kier alpha value is -2.63. The third-order valence-corrected chi connectivity index (χ3v) is 5.19. The average Bonchev–Trinajstić information content (AvgIpc) is 3.25. The Morgan fingerprint density at radius 2 is 2.08 bits per heavy atom. The maximum absolute atomic E-state index is 12.4. The van der Waals surface area contributed by atoms with Crippen molar-refractivity contribution in [3.05, 3.63) is 81.4 Å². The number of thiazole rings is 1. The molecule has 2 aromatic heterocycles. The summed E-state index contributed by atoms with van der Waals surface area (Å²) >= 11 is 7.59. The number of aromatic nitrogens is 2. The summed E-state index contributed by atoms with van der Waals surface area (Å²) < 4.78 is 0. The molecule has 0 unspecified atom stereocenters. The van der Waals surface area contributed by atoms with E-state index in [9.17, 15) is 4.79 Å². The fraction of sp³-hybridized carbons (Fsp3) is 0.100. The number of H-pyrrole nitrogens is 1. The van der Waals surface area contributed by atoms with Gasteiger partial charge >= 0.3 is 0 Å². The molecule has 0 radical (unpaired) electrons. The van der Waals surface area contributed by atoms with Crippen LogP contribution in [0.25, 0.3) is 10.9 Å². The molecule has 0 spiro atoms. The van der Waals surface area contributed by atoms with Crippen molar-refractivity contribution in [1.82, 2.24) is 9.97 Å². The molecule has 0 fully saturated rings. The number of rotatable bonds is 5. The van der Waals surface area contributed by atoms with E-state index in [1.165, 1.54) is 0 Å². The number of fused-ring (bicyclic) bond motifs is 1. The maximum atomic E-state index is 12.4. The lowest BCUT2D eigenvalue weighted by Gasteiger charge is -2.05. The van der Waals surface area contributed by atoms with E-state index in [0.717, 1.165) is 44.3 Å². The molecule has 0 aliphatic carbocycles. The van der Waals surface area contributed by atoms with E-state index in [0.29, 0.717) is 0 Å². The van der Waals surface area contributed by atoms with Gasteiger partial charge in [0.25, 0.3) is 0 Å². The van der Waals surface area contributed by atoms with Gasteiger partial charge in [-0.3, -0.25) is 4.79 Å². The third-order valence-electron chi connectivity index (χ3n) is 4.05. The predicted octanol–water partition coefficient (Wildman–Crippen LogP) is 5.05. The number of carbonyl (C=O) groups excluding carboxylic acids is 1. The molecule has 4 aromatic rings. The summed E-state index contributed by atoms with van der Waals surface area (Å²) in [4.78, 5) is 20.1. The van der Waals surface area contributed by atoms with E-state index in [-0.39, 0.29) is 12.3 Å². The van der Waals surface area contributed by atoms with Gasteiger partial charge in [0.1, 0.15) is 0 Å². The monoisotopic (exact) mass is 381 g/mol. The van der Waals surface area contributed by atoms with Crippen LogP contribution in [0.4, 0.5) is 5.69 Å². The van der Waals surface area contributed by atoms with Crippen molar-refractivity contribution in [3.63, 3.8) is 0 Å². The van der Waals surface area contributed by atoms with Crippen LogP contribution in [0.15, 0.2) is 60.1 Å². The highest BCUT2D eigenvalue weighted by Gasteiger charge is 2.10. The number of nitrogens with zero attached hydrogens (tertiary/aromatic N) is 1.